The fourth-order valence-electron chi connectivity index (χ4n) is 2.31. The molecule has 1 aromatic rings. The monoisotopic (exact) mass is 302 g/mol. The summed E-state index contributed by atoms with van der Waals surface area (Å²) < 4.78 is 34.3. The molecule has 2 unspecified atom stereocenters. The van der Waals surface area contributed by atoms with Crippen LogP contribution in [0.15, 0.2) is 24.3 Å². The van der Waals surface area contributed by atoms with Gasteiger partial charge in [-0.25, -0.2) is 0 Å². The maximum atomic E-state index is 12.5. The molecule has 0 saturated carbocycles. The van der Waals surface area contributed by atoms with E-state index in [0.29, 0.717) is 6.42 Å². The maximum Gasteiger partial charge on any atom is 0.387 e. The Morgan fingerprint density at radius 1 is 1.33 bits per heavy atom. The van der Waals surface area contributed by atoms with Crippen LogP contribution in [0.2, 0.25) is 0 Å². The molecule has 1 aromatic carbocycles. The summed E-state index contributed by atoms with van der Waals surface area (Å²) in [7, 11) is 0. The van der Waals surface area contributed by atoms with Crippen LogP contribution in [0.4, 0.5) is 8.78 Å². The van der Waals surface area contributed by atoms with Gasteiger partial charge in [0.05, 0.1) is 12.5 Å². The Hall–Kier alpha value is -1.69. The molecule has 4 nitrogen and oxygen atoms in total. The summed E-state index contributed by atoms with van der Waals surface area (Å²) in [6.07, 6.45) is 0.300. The van der Waals surface area contributed by atoms with Gasteiger partial charge in [-0.3, -0.25) is 4.79 Å². The van der Waals surface area contributed by atoms with E-state index in [0.717, 1.165) is 0 Å². The Bertz CT molecular complexity index is 474. The molecular weight excluding hydrogens is 282 g/mol. The van der Waals surface area contributed by atoms with E-state index < -0.39 is 24.1 Å². The number of carbonyl (C=O) groups excluding carboxylic acids is 1. The molecule has 0 aliphatic heterocycles. The van der Waals surface area contributed by atoms with Crippen LogP contribution >= 0.6 is 0 Å². The molecule has 1 N–H and O–H groups in total. The predicted molar refractivity (Wildman–Crippen MR) is 73.1 cm³/mol. The lowest BCUT2D eigenvalue weighted by Crippen LogP contribution is -2.38. The molecule has 0 heterocycles. The minimum atomic E-state index is -3.01. The first kappa shape index (κ1) is 17.4. The van der Waals surface area contributed by atoms with E-state index in [-0.39, 0.29) is 17.9 Å². The van der Waals surface area contributed by atoms with Crippen molar-refractivity contribution in [3.8, 4) is 5.75 Å². The van der Waals surface area contributed by atoms with E-state index in [1.165, 1.54) is 25.1 Å². The van der Waals surface area contributed by atoms with Crippen molar-refractivity contribution in [3.05, 3.63) is 29.8 Å². The number of hydrogen-bond donors (Lipinski definition) is 1. The zero-order valence-corrected chi connectivity index (χ0v) is 12.3. The number of carbonyl (C=O) groups is 1. The first-order valence-electron chi connectivity index (χ1n) is 6.77. The smallest absolute Gasteiger partial charge is 0.387 e. The maximum absolute atomic E-state index is 12.5. The average Bonchev–Trinajstić information content (AvgIpc) is 2.39. The SMILES string of the molecule is CCOC(=O)C(CC)C(C)(O)c1ccccc1OC(F)F. The molecule has 1 rings (SSSR count). The summed E-state index contributed by atoms with van der Waals surface area (Å²) in [4.78, 5) is 12.0. The minimum absolute atomic E-state index is 0.130. The largest absolute Gasteiger partial charge is 0.466 e. The van der Waals surface area contributed by atoms with Crippen molar-refractivity contribution in [2.24, 2.45) is 5.92 Å². The third-order valence-corrected chi connectivity index (χ3v) is 3.31. The number of para-hydroxylation sites is 1. The molecule has 0 fully saturated rings. The van der Waals surface area contributed by atoms with E-state index in [1.54, 1.807) is 19.9 Å². The van der Waals surface area contributed by atoms with Gasteiger partial charge in [0, 0.05) is 5.56 Å². The number of hydrogen-bond acceptors (Lipinski definition) is 4. The quantitative estimate of drug-likeness (QED) is 0.786. The highest BCUT2D eigenvalue weighted by Gasteiger charge is 2.40. The molecule has 0 amide bonds. The fourth-order valence-corrected chi connectivity index (χ4v) is 2.31. The summed E-state index contributed by atoms with van der Waals surface area (Å²) in [5.74, 6) is -1.60. The number of halogens is 2. The van der Waals surface area contributed by atoms with Crippen molar-refractivity contribution in [2.45, 2.75) is 39.4 Å². The highest BCUT2D eigenvalue weighted by Crippen LogP contribution is 2.38. The highest BCUT2D eigenvalue weighted by molar-refractivity contribution is 5.74. The molecular formula is C15H20F2O4. The Morgan fingerprint density at radius 2 is 1.95 bits per heavy atom. The summed E-state index contributed by atoms with van der Waals surface area (Å²) in [5, 5.41) is 10.7. The van der Waals surface area contributed by atoms with Crippen LogP contribution in [-0.2, 0) is 15.1 Å². The summed E-state index contributed by atoms with van der Waals surface area (Å²) in [6, 6.07) is 5.88. The van der Waals surface area contributed by atoms with Gasteiger partial charge >= 0.3 is 12.6 Å². The molecule has 0 aliphatic carbocycles. The van der Waals surface area contributed by atoms with Gasteiger partial charge in [0.1, 0.15) is 11.4 Å². The lowest BCUT2D eigenvalue weighted by molar-refractivity contribution is -0.158. The highest BCUT2D eigenvalue weighted by atomic mass is 19.3. The van der Waals surface area contributed by atoms with Gasteiger partial charge in [-0.15, -0.1) is 0 Å². The normalized spacial score (nSPS) is 15.4. The van der Waals surface area contributed by atoms with Crippen LogP contribution in [0.3, 0.4) is 0 Å². The molecule has 21 heavy (non-hydrogen) atoms. The molecule has 0 spiro atoms. The molecule has 0 aliphatic rings. The van der Waals surface area contributed by atoms with Crippen molar-refractivity contribution in [2.75, 3.05) is 6.61 Å². The summed E-state index contributed by atoms with van der Waals surface area (Å²) >= 11 is 0. The van der Waals surface area contributed by atoms with Crippen LogP contribution in [0.25, 0.3) is 0 Å². The van der Waals surface area contributed by atoms with E-state index in [9.17, 15) is 18.7 Å². The van der Waals surface area contributed by atoms with Crippen molar-refractivity contribution >= 4 is 5.97 Å². The van der Waals surface area contributed by atoms with Crippen LogP contribution in [0, 0.1) is 5.92 Å². The molecule has 2 atom stereocenters. The zero-order valence-electron chi connectivity index (χ0n) is 12.3. The lowest BCUT2D eigenvalue weighted by atomic mass is 9.81. The van der Waals surface area contributed by atoms with E-state index in [1.807, 2.05) is 0 Å². The van der Waals surface area contributed by atoms with Crippen molar-refractivity contribution < 1.29 is 28.2 Å². The van der Waals surface area contributed by atoms with Gasteiger partial charge in [-0.2, -0.15) is 8.78 Å². The summed E-state index contributed by atoms with van der Waals surface area (Å²) in [6.45, 7) is 1.94. The number of benzene rings is 1. The lowest BCUT2D eigenvalue weighted by Gasteiger charge is -2.32. The van der Waals surface area contributed by atoms with Gasteiger partial charge in [-0.1, -0.05) is 25.1 Å². The van der Waals surface area contributed by atoms with Gasteiger partial charge in [0.25, 0.3) is 0 Å². The number of ether oxygens (including phenoxy) is 2. The number of alkyl halides is 2. The fraction of sp³-hybridized carbons (Fsp3) is 0.533. The zero-order chi connectivity index (χ0) is 16.0. The first-order valence-corrected chi connectivity index (χ1v) is 6.77. The number of rotatable bonds is 7. The molecule has 6 heteroatoms. The third kappa shape index (κ3) is 4.14. The van der Waals surface area contributed by atoms with Crippen LogP contribution in [0.5, 0.6) is 5.75 Å². The molecule has 0 bridgehead atoms. The second-order valence-corrected chi connectivity index (χ2v) is 4.74. The van der Waals surface area contributed by atoms with E-state index in [2.05, 4.69) is 4.74 Å². The number of esters is 1. The molecule has 0 aromatic heterocycles. The average molecular weight is 302 g/mol. The van der Waals surface area contributed by atoms with Gasteiger partial charge < -0.3 is 14.6 Å². The van der Waals surface area contributed by atoms with Crippen LogP contribution < -0.4 is 4.74 Å². The molecule has 118 valence electrons. The van der Waals surface area contributed by atoms with Crippen molar-refractivity contribution in [3.63, 3.8) is 0 Å². The topological polar surface area (TPSA) is 55.8 Å². The van der Waals surface area contributed by atoms with Crippen molar-refractivity contribution in [1.82, 2.24) is 0 Å². The third-order valence-electron chi connectivity index (χ3n) is 3.31. The Balaban J connectivity index is 3.18. The van der Waals surface area contributed by atoms with Gasteiger partial charge in [-0.05, 0) is 26.3 Å². The predicted octanol–water partition coefficient (Wildman–Crippen LogP) is 3.08. The Morgan fingerprint density at radius 3 is 2.48 bits per heavy atom. The molecule has 0 radical (unpaired) electrons. The minimum Gasteiger partial charge on any atom is -0.466 e. The van der Waals surface area contributed by atoms with Crippen LogP contribution in [-0.4, -0.2) is 24.3 Å². The second kappa shape index (κ2) is 7.36. The first-order chi connectivity index (χ1) is 9.84. The number of aliphatic hydroxyl groups is 1. The standard InChI is InChI=1S/C15H20F2O4/c1-4-10(13(18)20-5-2)15(3,19)11-8-6-7-9-12(11)21-14(16)17/h6-10,14,19H,4-5H2,1-3H3. The summed E-state index contributed by atoms with van der Waals surface area (Å²) in [5.41, 5.74) is -1.54. The van der Waals surface area contributed by atoms with Gasteiger partial charge in [0.15, 0.2) is 0 Å². The van der Waals surface area contributed by atoms with Crippen LogP contribution in [0.1, 0.15) is 32.8 Å². The van der Waals surface area contributed by atoms with Gasteiger partial charge in [0.2, 0.25) is 0 Å². The Kier molecular flexibility index (Phi) is 6.08. The second-order valence-electron chi connectivity index (χ2n) is 4.74. The van der Waals surface area contributed by atoms with E-state index in [4.69, 9.17) is 4.74 Å². The Labute approximate surface area is 122 Å². The molecule has 0 saturated heterocycles. The van der Waals surface area contributed by atoms with Crippen molar-refractivity contribution in [1.29, 1.82) is 0 Å². The van der Waals surface area contributed by atoms with E-state index >= 15 is 0 Å².